The van der Waals surface area contributed by atoms with E-state index < -0.39 is 16.3 Å². The third kappa shape index (κ3) is 4.67. The van der Waals surface area contributed by atoms with E-state index in [4.69, 9.17) is 4.99 Å². The maximum atomic E-state index is 13.4. The largest absolute Gasteiger partial charge is 0.294 e. The van der Waals surface area contributed by atoms with Crippen molar-refractivity contribution in [3.63, 3.8) is 0 Å². The molecule has 33 heavy (non-hydrogen) atoms. The molecule has 9 nitrogen and oxygen atoms in total. The summed E-state index contributed by atoms with van der Waals surface area (Å²) in [5.41, 5.74) is 0.929. The summed E-state index contributed by atoms with van der Waals surface area (Å²) in [7, 11) is 0. The molecule has 1 aliphatic rings. The Hall–Kier alpha value is -3.88. The summed E-state index contributed by atoms with van der Waals surface area (Å²) >= 11 is 0. The number of aryl methyl sites for hydroxylation is 2. The minimum atomic E-state index is -0.623. The van der Waals surface area contributed by atoms with E-state index in [9.17, 15) is 19.7 Å². The van der Waals surface area contributed by atoms with Crippen LogP contribution in [0.3, 0.4) is 0 Å². The Morgan fingerprint density at radius 2 is 1.85 bits per heavy atom. The van der Waals surface area contributed by atoms with Crippen LogP contribution in [-0.4, -0.2) is 31.2 Å². The normalized spacial score (nSPS) is 14.9. The summed E-state index contributed by atoms with van der Waals surface area (Å²) < 4.78 is 2.60. The summed E-state index contributed by atoms with van der Waals surface area (Å²) in [6.07, 6.45) is 6.93. The van der Waals surface area contributed by atoms with Crippen LogP contribution in [0.1, 0.15) is 53.8 Å². The minimum absolute atomic E-state index is 0.134. The molecule has 1 aliphatic carbocycles. The van der Waals surface area contributed by atoms with Crippen LogP contribution >= 0.6 is 0 Å². The van der Waals surface area contributed by atoms with Gasteiger partial charge in [0, 0.05) is 24.0 Å². The molecular formula is C24H25N5O4. The number of benzene rings is 1. The molecule has 0 radical (unpaired) electrons. The average molecular weight is 447 g/mol. The predicted molar refractivity (Wildman–Crippen MR) is 123 cm³/mol. The van der Waals surface area contributed by atoms with E-state index in [-0.39, 0.29) is 23.1 Å². The van der Waals surface area contributed by atoms with Crippen molar-refractivity contribution < 1.29 is 9.72 Å². The molecule has 2 heterocycles. The number of carbonyl (C=O) groups is 1. The number of hydrogen-bond donors (Lipinski definition) is 0. The molecule has 1 saturated carbocycles. The van der Waals surface area contributed by atoms with E-state index in [0.717, 1.165) is 31.2 Å². The van der Waals surface area contributed by atoms with Crippen LogP contribution in [0.4, 0.5) is 5.69 Å². The number of para-hydroxylation sites is 2. The highest BCUT2D eigenvalue weighted by Gasteiger charge is 2.22. The molecule has 1 aromatic carbocycles. The van der Waals surface area contributed by atoms with Crippen molar-refractivity contribution in [1.29, 1.82) is 0 Å². The molecule has 3 aromatic rings. The van der Waals surface area contributed by atoms with Gasteiger partial charge >= 0.3 is 0 Å². The molecule has 0 saturated heterocycles. The van der Waals surface area contributed by atoms with Crippen molar-refractivity contribution >= 4 is 11.6 Å². The lowest BCUT2D eigenvalue weighted by molar-refractivity contribution is -0.384. The average Bonchev–Trinajstić information content (AvgIpc) is 2.79. The molecule has 9 heteroatoms. The number of aromatic nitrogens is 3. The van der Waals surface area contributed by atoms with E-state index >= 15 is 0 Å². The molecular weight excluding hydrogens is 422 g/mol. The Kier molecular flexibility index (Phi) is 6.30. The SMILES string of the molecule is Cc1ccn(C(=O)c2nn(-c3ccccc3[N+](=O)[O-])c(C)cc2=O)c(=NC2CCCCC2)c1. The van der Waals surface area contributed by atoms with Crippen LogP contribution in [0.15, 0.2) is 58.4 Å². The Balaban J connectivity index is 1.84. The fourth-order valence-electron chi connectivity index (χ4n) is 4.11. The maximum Gasteiger partial charge on any atom is 0.294 e. The number of nitrogens with zero attached hydrogens (tertiary/aromatic N) is 5. The van der Waals surface area contributed by atoms with E-state index in [1.165, 1.54) is 33.9 Å². The lowest BCUT2D eigenvalue weighted by Gasteiger charge is -2.18. The van der Waals surface area contributed by atoms with Gasteiger partial charge in [0.1, 0.15) is 11.2 Å². The highest BCUT2D eigenvalue weighted by Crippen LogP contribution is 2.22. The summed E-state index contributed by atoms with van der Waals surface area (Å²) in [6, 6.07) is 11.1. The van der Waals surface area contributed by atoms with Gasteiger partial charge < -0.3 is 0 Å². The van der Waals surface area contributed by atoms with Gasteiger partial charge in [-0.05, 0) is 50.5 Å². The Morgan fingerprint density at radius 3 is 2.58 bits per heavy atom. The van der Waals surface area contributed by atoms with E-state index in [1.54, 1.807) is 31.3 Å². The van der Waals surface area contributed by atoms with E-state index in [0.29, 0.717) is 11.2 Å². The van der Waals surface area contributed by atoms with Gasteiger partial charge in [-0.25, -0.2) is 4.68 Å². The van der Waals surface area contributed by atoms with Gasteiger partial charge in [-0.1, -0.05) is 31.4 Å². The van der Waals surface area contributed by atoms with Crippen LogP contribution in [0.5, 0.6) is 0 Å². The van der Waals surface area contributed by atoms with Crippen LogP contribution in [0.25, 0.3) is 5.69 Å². The zero-order valence-electron chi connectivity index (χ0n) is 18.6. The Morgan fingerprint density at radius 1 is 1.12 bits per heavy atom. The summed E-state index contributed by atoms with van der Waals surface area (Å²) in [5.74, 6) is -0.623. The topological polar surface area (TPSA) is 112 Å². The minimum Gasteiger partial charge on any atom is -0.287 e. The van der Waals surface area contributed by atoms with Crippen molar-refractivity contribution in [2.24, 2.45) is 4.99 Å². The summed E-state index contributed by atoms with van der Waals surface area (Å²) in [4.78, 5) is 42.0. The first-order valence-electron chi connectivity index (χ1n) is 11.0. The van der Waals surface area contributed by atoms with Crippen LogP contribution in [-0.2, 0) is 0 Å². The number of carbonyl (C=O) groups excluding carboxylic acids is 1. The zero-order chi connectivity index (χ0) is 23.5. The standard InChI is InChI=1S/C24H25N5O4/c1-16-12-13-27(22(14-16)25-18-8-4-3-5-9-18)24(31)23-21(30)15-17(2)28(26-23)19-10-6-7-11-20(19)29(32)33/h6-7,10-15,18H,3-5,8-9H2,1-2H3. The fourth-order valence-corrected chi connectivity index (χ4v) is 4.11. The van der Waals surface area contributed by atoms with Gasteiger partial charge in [-0.3, -0.25) is 29.3 Å². The van der Waals surface area contributed by atoms with Crippen molar-refractivity contribution in [2.75, 3.05) is 0 Å². The van der Waals surface area contributed by atoms with Crippen molar-refractivity contribution in [3.8, 4) is 5.69 Å². The smallest absolute Gasteiger partial charge is 0.287 e. The first-order chi connectivity index (χ1) is 15.8. The molecule has 0 aliphatic heterocycles. The summed E-state index contributed by atoms with van der Waals surface area (Å²) in [5, 5.41) is 15.8. The first kappa shape index (κ1) is 22.3. The van der Waals surface area contributed by atoms with Crippen LogP contribution < -0.4 is 10.9 Å². The fraction of sp³-hybridized carbons (Fsp3) is 0.333. The molecule has 0 unspecified atom stereocenters. The van der Waals surface area contributed by atoms with Gasteiger partial charge in [-0.15, -0.1) is 0 Å². The lowest BCUT2D eigenvalue weighted by Crippen LogP contribution is -2.34. The van der Waals surface area contributed by atoms with Gasteiger partial charge in [0.25, 0.3) is 11.6 Å². The maximum absolute atomic E-state index is 13.4. The number of nitro groups is 1. The second kappa shape index (κ2) is 9.32. The third-order valence-electron chi connectivity index (χ3n) is 5.82. The summed E-state index contributed by atoms with van der Waals surface area (Å²) in [6.45, 7) is 3.53. The zero-order valence-corrected chi connectivity index (χ0v) is 18.6. The second-order valence-corrected chi connectivity index (χ2v) is 8.31. The van der Waals surface area contributed by atoms with Gasteiger partial charge in [-0.2, -0.15) is 5.10 Å². The number of pyridine rings is 1. The highest BCUT2D eigenvalue weighted by atomic mass is 16.6. The molecule has 0 amide bonds. The number of rotatable bonds is 4. The Labute approximate surface area is 190 Å². The highest BCUT2D eigenvalue weighted by molar-refractivity contribution is 5.93. The molecule has 4 rings (SSSR count). The van der Waals surface area contributed by atoms with E-state index in [1.807, 2.05) is 13.0 Å². The quantitative estimate of drug-likeness (QED) is 0.449. The molecule has 0 N–H and O–H groups in total. The molecule has 0 bridgehead atoms. The van der Waals surface area contributed by atoms with Crippen molar-refractivity contribution in [3.05, 3.63) is 91.4 Å². The molecule has 170 valence electrons. The molecule has 0 spiro atoms. The monoisotopic (exact) mass is 447 g/mol. The van der Waals surface area contributed by atoms with Gasteiger partial charge in [0.2, 0.25) is 5.43 Å². The van der Waals surface area contributed by atoms with Crippen molar-refractivity contribution in [2.45, 2.75) is 52.0 Å². The predicted octanol–water partition coefficient (Wildman–Crippen LogP) is 3.48. The molecule has 0 atom stereocenters. The first-order valence-corrected chi connectivity index (χ1v) is 11.0. The van der Waals surface area contributed by atoms with Crippen LogP contribution in [0.2, 0.25) is 0 Å². The molecule has 1 fully saturated rings. The van der Waals surface area contributed by atoms with E-state index in [2.05, 4.69) is 5.10 Å². The molecule has 2 aromatic heterocycles. The van der Waals surface area contributed by atoms with Gasteiger partial charge in [0.15, 0.2) is 5.69 Å². The number of hydrogen-bond acceptors (Lipinski definition) is 6. The van der Waals surface area contributed by atoms with Crippen molar-refractivity contribution in [1.82, 2.24) is 14.3 Å². The van der Waals surface area contributed by atoms with Gasteiger partial charge in [0.05, 0.1) is 11.0 Å². The second-order valence-electron chi connectivity index (χ2n) is 8.31. The lowest BCUT2D eigenvalue weighted by atomic mass is 9.96. The Bertz CT molecular complexity index is 1350. The number of nitro benzene ring substituents is 1. The van der Waals surface area contributed by atoms with Crippen LogP contribution in [0, 0.1) is 24.0 Å². The third-order valence-corrected chi connectivity index (χ3v) is 5.82.